The summed E-state index contributed by atoms with van der Waals surface area (Å²) in [6.45, 7) is 8.93. The van der Waals surface area contributed by atoms with E-state index in [2.05, 4.69) is 6.58 Å². The first-order valence-corrected chi connectivity index (χ1v) is 6.82. The van der Waals surface area contributed by atoms with Gasteiger partial charge in [0.25, 0.3) is 0 Å². The molecule has 1 saturated carbocycles. The van der Waals surface area contributed by atoms with Gasteiger partial charge in [0, 0.05) is 31.0 Å². The van der Waals surface area contributed by atoms with E-state index in [1.54, 1.807) is 11.0 Å². The third-order valence-corrected chi connectivity index (χ3v) is 4.81. The summed E-state index contributed by atoms with van der Waals surface area (Å²) >= 11 is 0. The maximum absolute atomic E-state index is 12.8. The van der Waals surface area contributed by atoms with E-state index < -0.39 is 5.54 Å². The molecule has 19 heavy (non-hydrogen) atoms. The Morgan fingerprint density at radius 2 is 2.32 bits per heavy atom. The van der Waals surface area contributed by atoms with Gasteiger partial charge in [0.1, 0.15) is 5.54 Å². The zero-order valence-electron chi connectivity index (χ0n) is 11.8. The van der Waals surface area contributed by atoms with Crippen LogP contribution in [0.3, 0.4) is 0 Å². The van der Waals surface area contributed by atoms with E-state index in [-0.39, 0.29) is 36.5 Å². The number of aliphatic hydroxyl groups is 1. The van der Waals surface area contributed by atoms with Gasteiger partial charge in [-0.05, 0) is 6.42 Å². The smallest absolute Gasteiger partial charge is 0.244 e. The van der Waals surface area contributed by atoms with Crippen LogP contribution in [0.15, 0.2) is 12.7 Å². The molecule has 5 heteroatoms. The number of nitrogens with zero attached hydrogens (tertiary/aromatic N) is 1. The average molecular weight is 268 g/mol. The van der Waals surface area contributed by atoms with Gasteiger partial charge in [-0.25, -0.2) is 0 Å². The molecule has 2 fully saturated rings. The van der Waals surface area contributed by atoms with E-state index in [0.29, 0.717) is 13.2 Å². The molecule has 1 heterocycles. The van der Waals surface area contributed by atoms with Crippen LogP contribution in [0.2, 0.25) is 0 Å². The summed E-state index contributed by atoms with van der Waals surface area (Å²) in [6.07, 6.45) is 2.56. The number of ether oxygens (including phenoxy) is 1. The van der Waals surface area contributed by atoms with Crippen LogP contribution in [0.5, 0.6) is 0 Å². The fourth-order valence-electron chi connectivity index (χ4n) is 3.63. The quantitative estimate of drug-likeness (QED) is 0.695. The molecule has 0 aromatic carbocycles. The Morgan fingerprint density at radius 3 is 2.89 bits per heavy atom. The Bertz CT molecular complexity index is 383. The highest BCUT2D eigenvalue weighted by Crippen LogP contribution is 2.58. The molecule has 1 amide bonds. The normalized spacial score (nSPS) is 35.4. The summed E-state index contributed by atoms with van der Waals surface area (Å²) in [5.74, 6) is -0.0146. The molecule has 5 nitrogen and oxygen atoms in total. The second-order valence-electron chi connectivity index (χ2n) is 6.04. The molecule has 0 aromatic rings. The molecule has 0 aromatic heterocycles. The molecule has 0 radical (unpaired) electrons. The van der Waals surface area contributed by atoms with Crippen LogP contribution in [-0.2, 0) is 9.53 Å². The average Bonchev–Trinajstić information content (AvgIpc) is 2.84. The molecule has 0 spiro atoms. The minimum atomic E-state index is -0.896. The number of rotatable bonds is 5. The number of amides is 1. The van der Waals surface area contributed by atoms with E-state index in [1.807, 2.05) is 13.8 Å². The van der Waals surface area contributed by atoms with Crippen molar-refractivity contribution in [3.8, 4) is 0 Å². The molecular weight excluding hydrogens is 244 g/mol. The Labute approximate surface area is 114 Å². The summed E-state index contributed by atoms with van der Waals surface area (Å²) < 4.78 is 5.69. The monoisotopic (exact) mass is 268 g/mol. The third kappa shape index (κ3) is 1.83. The zero-order chi connectivity index (χ0) is 14.3. The Hall–Kier alpha value is -0.910. The van der Waals surface area contributed by atoms with E-state index in [4.69, 9.17) is 15.6 Å². The van der Waals surface area contributed by atoms with Gasteiger partial charge in [0.15, 0.2) is 0 Å². The second-order valence-corrected chi connectivity index (χ2v) is 6.04. The molecular formula is C14H24N2O3. The number of nitrogens with two attached hydrogens (primary N) is 1. The van der Waals surface area contributed by atoms with E-state index in [0.717, 1.165) is 6.42 Å². The summed E-state index contributed by atoms with van der Waals surface area (Å²) in [5, 5.41) is 9.09. The lowest BCUT2D eigenvalue weighted by atomic mass is 9.47. The van der Waals surface area contributed by atoms with Crippen molar-refractivity contribution in [2.24, 2.45) is 17.1 Å². The van der Waals surface area contributed by atoms with Crippen LogP contribution in [0.4, 0.5) is 0 Å². The lowest BCUT2D eigenvalue weighted by molar-refractivity contribution is -0.184. The first-order chi connectivity index (χ1) is 8.91. The van der Waals surface area contributed by atoms with Gasteiger partial charge in [0.05, 0.1) is 12.7 Å². The highest BCUT2D eigenvalue weighted by molar-refractivity contribution is 5.89. The predicted octanol–water partition coefficient (Wildman–Crippen LogP) is 0.136. The maximum Gasteiger partial charge on any atom is 0.244 e. The van der Waals surface area contributed by atoms with Crippen molar-refractivity contribution in [2.45, 2.75) is 31.9 Å². The van der Waals surface area contributed by atoms with Crippen LogP contribution < -0.4 is 5.73 Å². The van der Waals surface area contributed by atoms with Crippen molar-refractivity contribution in [2.75, 3.05) is 26.3 Å². The number of carbonyl (C=O) groups is 1. The van der Waals surface area contributed by atoms with Gasteiger partial charge in [-0.1, -0.05) is 19.9 Å². The molecule has 1 saturated heterocycles. The van der Waals surface area contributed by atoms with Gasteiger partial charge in [-0.3, -0.25) is 4.79 Å². The van der Waals surface area contributed by atoms with Crippen LogP contribution in [-0.4, -0.2) is 53.9 Å². The molecule has 108 valence electrons. The van der Waals surface area contributed by atoms with Crippen molar-refractivity contribution in [1.82, 2.24) is 4.90 Å². The number of fused-ring (bicyclic) bond motifs is 1. The van der Waals surface area contributed by atoms with Crippen LogP contribution in [0.25, 0.3) is 0 Å². The zero-order valence-corrected chi connectivity index (χ0v) is 11.8. The largest absolute Gasteiger partial charge is 0.395 e. The van der Waals surface area contributed by atoms with Crippen molar-refractivity contribution in [3.63, 3.8) is 0 Å². The summed E-state index contributed by atoms with van der Waals surface area (Å²) in [4.78, 5) is 14.4. The molecule has 1 aliphatic carbocycles. The molecule has 2 rings (SSSR count). The van der Waals surface area contributed by atoms with Crippen molar-refractivity contribution >= 4 is 5.91 Å². The molecule has 3 unspecified atom stereocenters. The molecule has 0 bridgehead atoms. The second kappa shape index (κ2) is 4.89. The van der Waals surface area contributed by atoms with Crippen LogP contribution in [0.1, 0.15) is 20.3 Å². The van der Waals surface area contributed by atoms with Crippen molar-refractivity contribution < 1.29 is 14.6 Å². The maximum atomic E-state index is 12.8. The first-order valence-electron chi connectivity index (χ1n) is 6.82. The van der Waals surface area contributed by atoms with Crippen molar-refractivity contribution in [1.29, 1.82) is 0 Å². The number of hydrogen-bond donors (Lipinski definition) is 2. The summed E-state index contributed by atoms with van der Waals surface area (Å²) in [7, 11) is 0. The van der Waals surface area contributed by atoms with Gasteiger partial charge in [-0.15, -0.1) is 6.58 Å². The van der Waals surface area contributed by atoms with Gasteiger partial charge >= 0.3 is 0 Å². The summed E-state index contributed by atoms with van der Waals surface area (Å²) in [6, 6.07) is 0. The molecule has 3 atom stereocenters. The van der Waals surface area contributed by atoms with Gasteiger partial charge in [-0.2, -0.15) is 0 Å². The van der Waals surface area contributed by atoms with Gasteiger partial charge in [0.2, 0.25) is 5.91 Å². The van der Waals surface area contributed by atoms with Crippen LogP contribution >= 0.6 is 0 Å². The standard InChI is InChI=1S/C14H24N2O3/c1-4-6-16(7-8-17)12(18)14(15)10-5-9-19-11(10)13(14,2)3/h4,10-11,17H,1,5-9,15H2,2-3H3. The third-order valence-electron chi connectivity index (χ3n) is 4.81. The number of aliphatic hydroxyl groups excluding tert-OH is 1. The minimum absolute atomic E-state index is 0.0688. The first kappa shape index (κ1) is 14.5. The Balaban J connectivity index is 2.23. The number of hydrogen-bond acceptors (Lipinski definition) is 4. The fraction of sp³-hybridized carbons (Fsp3) is 0.786. The SMILES string of the molecule is C=CCN(CCO)C(=O)C1(N)C2CCOC2C1(C)C. The Morgan fingerprint density at radius 1 is 1.63 bits per heavy atom. The van der Waals surface area contributed by atoms with Gasteiger partial charge < -0.3 is 20.5 Å². The Kier molecular flexibility index (Phi) is 3.73. The lowest BCUT2D eigenvalue weighted by Gasteiger charge is -2.61. The lowest BCUT2D eigenvalue weighted by Crippen LogP contribution is -2.80. The fourth-order valence-corrected chi connectivity index (χ4v) is 3.63. The highest BCUT2D eigenvalue weighted by Gasteiger charge is 2.71. The van der Waals surface area contributed by atoms with E-state index in [9.17, 15) is 4.79 Å². The predicted molar refractivity (Wildman–Crippen MR) is 72.4 cm³/mol. The topological polar surface area (TPSA) is 75.8 Å². The van der Waals surface area contributed by atoms with Crippen LogP contribution in [0, 0.1) is 11.3 Å². The summed E-state index contributed by atoms with van der Waals surface area (Å²) in [5.41, 5.74) is 5.21. The highest BCUT2D eigenvalue weighted by atomic mass is 16.5. The van der Waals surface area contributed by atoms with E-state index >= 15 is 0 Å². The molecule has 3 N–H and O–H groups in total. The molecule has 2 aliphatic rings. The number of carbonyl (C=O) groups excluding carboxylic acids is 1. The molecule has 1 aliphatic heterocycles. The van der Waals surface area contributed by atoms with Crippen molar-refractivity contribution in [3.05, 3.63) is 12.7 Å². The minimum Gasteiger partial charge on any atom is -0.395 e. The van der Waals surface area contributed by atoms with E-state index in [1.165, 1.54) is 0 Å².